The van der Waals surface area contributed by atoms with E-state index in [2.05, 4.69) is 17.6 Å². The Labute approximate surface area is 155 Å². The summed E-state index contributed by atoms with van der Waals surface area (Å²) < 4.78 is 26.1. The van der Waals surface area contributed by atoms with Gasteiger partial charge in [0.05, 0.1) is 10.5 Å². The Hall–Kier alpha value is -1.83. The first-order valence-corrected chi connectivity index (χ1v) is 9.38. The molecule has 25 heavy (non-hydrogen) atoms. The molecule has 0 aliphatic carbocycles. The van der Waals surface area contributed by atoms with Crippen molar-refractivity contribution in [1.29, 1.82) is 0 Å². The van der Waals surface area contributed by atoms with Gasteiger partial charge >= 0.3 is 0 Å². The lowest BCUT2D eigenvalue weighted by molar-refractivity contribution is 0.0954. The third kappa shape index (κ3) is 5.59. The van der Waals surface area contributed by atoms with E-state index in [1.165, 1.54) is 18.5 Å². The van der Waals surface area contributed by atoms with E-state index in [0.717, 1.165) is 22.5 Å². The Morgan fingerprint density at radius 3 is 2.40 bits per heavy atom. The van der Waals surface area contributed by atoms with Crippen molar-refractivity contribution in [3.63, 3.8) is 0 Å². The molecule has 2 N–H and O–H groups in total. The fourth-order valence-electron chi connectivity index (χ4n) is 2.16. The number of halogens is 1. The molecule has 0 bridgehead atoms. The van der Waals surface area contributed by atoms with Gasteiger partial charge in [-0.1, -0.05) is 24.6 Å². The van der Waals surface area contributed by atoms with E-state index in [0.29, 0.717) is 18.7 Å². The lowest BCUT2D eigenvalue weighted by Gasteiger charge is -2.06. The van der Waals surface area contributed by atoms with Crippen molar-refractivity contribution in [2.75, 3.05) is 19.6 Å². The van der Waals surface area contributed by atoms with Gasteiger partial charge in [0.15, 0.2) is 0 Å². The van der Waals surface area contributed by atoms with Crippen LogP contribution in [0.1, 0.15) is 29.3 Å². The first-order chi connectivity index (χ1) is 11.4. The minimum absolute atomic E-state index is 0. The molecule has 0 atom stereocenters. The molecule has 0 aliphatic rings. The summed E-state index contributed by atoms with van der Waals surface area (Å²) >= 11 is 0. The Morgan fingerprint density at radius 1 is 1.08 bits per heavy atom. The molecule has 0 radical (unpaired) electrons. The molecule has 1 aromatic carbocycles. The summed E-state index contributed by atoms with van der Waals surface area (Å²) in [7, 11) is -3.68. The lowest BCUT2D eigenvalue weighted by Crippen LogP contribution is -2.31. The predicted octanol–water partition coefficient (Wildman–Crippen LogP) is 2.18. The Bertz CT molecular complexity index is 786. The van der Waals surface area contributed by atoms with Gasteiger partial charge in [-0.2, -0.15) is 0 Å². The van der Waals surface area contributed by atoms with Crippen LogP contribution in [-0.2, 0) is 10.0 Å². The average Bonchev–Trinajstić information content (AvgIpc) is 3.06. The minimum Gasteiger partial charge on any atom is -0.351 e. The number of aryl methyl sites for hydroxylation is 1. The highest BCUT2D eigenvalue weighted by Crippen LogP contribution is 2.16. The third-order valence-corrected chi connectivity index (χ3v) is 5.19. The van der Waals surface area contributed by atoms with Crippen LogP contribution >= 0.6 is 12.4 Å². The van der Waals surface area contributed by atoms with Gasteiger partial charge in [-0.3, -0.25) is 4.79 Å². The molecule has 2 rings (SSSR count). The number of benzene rings is 1. The van der Waals surface area contributed by atoms with E-state index in [4.69, 9.17) is 0 Å². The highest BCUT2D eigenvalue weighted by molar-refractivity contribution is 7.90. The fraction of sp³-hybridized carbons (Fsp3) is 0.353. The van der Waals surface area contributed by atoms with Crippen LogP contribution in [0.4, 0.5) is 0 Å². The summed E-state index contributed by atoms with van der Waals surface area (Å²) in [4.78, 5) is 12.2. The molecule has 0 aliphatic heterocycles. The summed E-state index contributed by atoms with van der Waals surface area (Å²) in [6.07, 6.45) is 3.76. The molecule has 0 fully saturated rings. The highest BCUT2D eigenvalue weighted by Gasteiger charge is 2.18. The Balaban J connectivity index is 0.00000312. The number of aromatic nitrogens is 1. The van der Waals surface area contributed by atoms with Gasteiger partial charge in [0.1, 0.15) is 0 Å². The predicted molar refractivity (Wildman–Crippen MR) is 101 cm³/mol. The molecule has 1 amide bonds. The molecule has 8 heteroatoms. The first-order valence-electron chi connectivity index (χ1n) is 7.94. The van der Waals surface area contributed by atoms with Gasteiger partial charge in [-0.05, 0) is 38.1 Å². The monoisotopic (exact) mass is 385 g/mol. The van der Waals surface area contributed by atoms with Crippen molar-refractivity contribution in [3.8, 4) is 0 Å². The van der Waals surface area contributed by atoms with Crippen LogP contribution < -0.4 is 10.6 Å². The summed E-state index contributed by atoms with van der Waals surface area (Å²) in [5.74, 6) is -0.286. The number of amides is 1. The summed E-state index contributed by atoms with van der Waals surface area (Å²) in [6, 6.07) is 8.11. The van der Waals surface area contributed by atoms with Crippen molar-refractivity contribution < 1.29 is 13.2 Å². The molecule has 2 aromatic rings. The zero-order valence-electron chi connectivity index (χ0n) is 14.4. The molecule has 0 spiro atoms. The van der Waals surface area contributed by atoms with Crippen molar-refractivity contribution in [3.05, 3.63) is 53.9 Å². The zero-order chi connectivity index (χ0) is 17.6. The van der Waals surface area contributed by atoms with E-state index in [1.807, 2.05) is 6.92 Å². The van der Waals surface area contributed by atoms with Gasteiger partial charge in [0.2, 0.25) is 0 Å². The van der Waals surface area contributed by atoms with Crippen molar-refractivity contribution in [1.82, 2.24) is 14.6 Å². The molecular formula is C17H24ClN3O3S. The van der Waals surface area contributed by atoms with E-state index in [-0.39, 0.29) is 23.2 Å². The van der Waals surface area contributed by atoms with Crippen LogP contribution in [-0.4, -0.2) is 37.9 Å². The second kappa shape index (κ2) is 9.60. The second-order valence-electron chi connectivity index (χ2n) is 5.55. The number of nitrogens with one attached hydrogen (secondary N) is 2. The maximum Gasteiger partial charge on any atom is 0.267 e. The second-order valence-corrected chi connectivity index (χ2v) is 7.40. The van der Waals surface area contributed by atoms with Gasteiger partial charge in [0.25, 0.3) is 15.9 Å². The van der Waals surface area contributed by atoms with Crippen LogP contribution in [0.5, 0.6) is 0 Å². The maximum absolute atomic E-state index is 12.5. The van der Waals surface area contributed by atoms with E-state index in [1.54, 1.807) is 24.3 Å². The standard InChI is InChI=1S/C17H23N3O3S.ClH/c1-3-9-18-10-11-19-17(21)15-8-12-20(13-15)24(22,23)16-6-4-14(2)5-7-16;/h4-8,12-13,18H,3,9-11H2,1-2H3,(H,19,21);1H. The number of nitrogens with zero attached hydrogens (tertiary/aromatic N) is 1. The maximum atomic E-state index is 12.5. The first kappa shape index (κ1) is 21.2. The van der Waals surface area contributed by atoms with Gasteiger partial charge in [-0.15, -0.1) is 12.4 Å². The van der Waals surface area contributed by atoms with Crippen LogP contribution in [0.15, 0.2) is 47.6 Å². The minimum atomic E-state index is -3.68. The normalized spacial score (nSPS) is 11.0. The van der Waals surface area contributed by atoms with E-state index in [9.17, 15) is 13.2 Å². The average molecular weight is 386 g/mol. The highest BCUT2D eigenvalue weighted by atomic mass is 35.5. The molecular weight excluding hydrogens is 362 g/mol. The van der Waals surface area contributed by atoms with Gasteiger partial charge in [0, 0.05) is 25.5 Å². The van der Waals surface area contributed by atoms with E-state index >= 15 is 0 Å². The number of carbonyl (C=O) groups is 1. The molecule has 1 aromatic heterocycles. The number of hydrogen-bond acceptors (Lipinski definition) is 4. The summed E-state index contributed by atoms with van der Waals surface area (Å²) in [5, 5.41) is 5.94. The largest absolute Gasteiger partial charge is 0.351 e. The Morgan fingerprint density at radius 2 is 1.76 bits per heavy atom. The SMILES string of the molecule is CCCNCCNC(=O)c1ccn(S(=O)(=O)c2ccc(C)cc2)c1.Cl. The molecule has 6 nitrogen and oxygen atoms in total. The molecule has 0 saturated heterocycles. The summed E-state index contributed by atoms with van der Waals surface area (Å²) in [6.45, 7) is 6.05. The number of rotatable bonds is 8. The van der Waals surface area contributed by atoms with Crippen molar-refractivity contribution in [2.45, 2.75) is 25.2 Å². The number of hydrogen-bond donors (Lipinski definition) is 2. The van der Waals surface area contributed by atoms with Crippen molar-refractivity contribution >= 4 is 28.3 Å². The van der Waals surface area contributed by atoms with E-state index < -0.39 is 10.0 Å². The quantitative estimate of drug-likeness (QED) is 0.682. The van der Waals surface area contributed by atoms with Crippen molar-refractivity contribution in [2.24, 2.45) is 0 Å². The molecule has 138 valence electrons. The van der Waals surface area contributed by atoms with Crippen LogP contribution in [0.2, 0.25) is 0 Å². The number of carbonyl (C=O) groups excluding carboxylic acids is 1. The van der Waals surface area contributed by atoms with Crippen LogP contribution in [0.3, 0.4) is 0 Å². The fourth-order valence-corrected chi connectivity index (χ4v) is 3.36. The van der Waals surface area contributed by atoms with Gasteiger partial charge in [-0.25, -0.2) is 12.4 Å². The zero-order valence-corrected chi connectivity index (χ0v) is 16.0. The lowest BCUT2D eigenvalue weighted by atomic mass is 10.2. The molecule has 0 saturated carbocycles. The molecule has 1 heterocycles. The molecule has 0 unspecified atom stereocenters. The van der Waals surface area contributed by atoms with Gasteiger partial charge < -0.3 is 10.6 Å². The summed E-state index contributed by atoms with van der Waals surface area (Å²) in [5.41, 5.74) is 1.30. The smallest absolute Gasteiger partial charge is 0.267 e. The third-order valence-electron chi connectivity index (χ3n) is 3.54. The topological polar surface area (TPSA) is 80.2 Å². The Kier molecular flexibility index (Phi) is 8.15. The van der Waals surface area contributed by atoms with Crippen LogP contribution in [0.25, 0.3) is 0 Å². The van der Waals surface area contributed by atoms with Crippen LogP contribution in [0, 0.1) is 6.92 Å².